The van der Waals surface area contributed by atoms with E-state index in [4.69, 9.17) is 0 Å². The highest BCUT2D eigenvalue weighted by Crippen LogP contribution is 2.20. The lowest BCUT2D eigenvalue weighted by atomic mass is 9.90. The lowest BCUT2D eigenvalue weighted by Gasteiger charge is -2.16. The standard InChI is InChI=1S/C15H26/c1-6-7-8-9-10-15(14(4)5)12-11-13(2)3/h6-7,11-12,14-15H,2,8-10H2,1,3-5H3. The van der Waals surface area contributed by atoms with Crippen molar-refractivity contribution in [3.8, 4) is 0 Å². The normalized spacial score (nSPS) is 14.2. The molecule has 0 aromatic carbocycles. The minimum atomic E-state index is 0.701. The SMILES string of the molecule is C=C(C)C=CC(CCCC=CC)C(C)C. The summed E-state index contributed by atoms with van der Waals surface area (Å²) in [6, 6.07) is 0. The van der Waals surface area contributed by atoms with Crippen molar-refractivity contribution in [1.29, 1.82) is 0 Å². The number of unbranched alkanes of at least 4 members (excludes halogenated alkanes) is 1. The zero-order valence-corrected chi connectivity index (χ0v) is 10.8. The largest absolute Gasteiger partial charge is 0.0961 e. The van der Waals surface area contributed by atoms with Gasteiger partial charge in [0, 0.05) is 0 Å². The first-order chi connectivity index (χ1) is 7.07. The molecule has 0 aliphatic rings. The van der Waals surface area contributed by atoms with Crippen molar-refractivity contribution >= 4 is 0 Å². The van der Waals surface area contributed by atoms with Crippen LogP contribution in [0.4, 0.5) is 0 Å². The van der Waals surface area contributed by atoms with E-state index in [0.29, 0.717) is 5.92 Å². The summed E-state index contributed by atoms with van der Waals surface area (Å²) in [6.07, 6.45) is 12.6. The van der Waals surface area contributed by atoms with Crippen LogP contribution in [0.5, 0.6) is 0 Å². The van der Waals surface area contributed by atoms with Gasteiger partial charge in [0.2, 0.25) is 0 Å². The van der Waals surface area contributed by atoms with Crippen LogP contribution >= 0.6 is 0 Å². The lowest BCUT2D eigenvalue weighted by Crippen LogP contribution is -2.05. The molecule has 0 aromatic heterocycles. The number of hydrogen-bond acceptors (Lipinski definition) is 0. The van der Waals surface area contributed by atoms with Crippen molar-refractivity contribution in [2.24, 2.45) is 11.8 Å². The van der Waals surface area contributed by atoms with Crippen LogP contribution in [0.3, 0.4) is 0 Å². The van der Waals surface area contributed by atoms with E-state index < -0.39 is 0 Å². The van der Waals surface area contributed by atoms with Gasteiger partial charge in [0.15, 0.2) is 0 Å². The Balaban J connectivity index is 3.99. The molecule has 0 heterocycles. The highest BCUT2D eigenvalue weighted by atomic mass is 14.1. The predicted octanol–water partition coefficient (Wildman–Crippen LogP) is 5.14. The van der Waals surface area contributed by atoms with Gasteiger partial charge in [-0.2, -0.15) is 0 Å². The van der Waals surface area contributed by atoms with Gasteiger partial charge in [0.05, 0.1) is 0 Å². The second-order valence-electron chi connectivity index (χ2n) is 4.61. The summed E-state index contributed by atoms with van der Waals surface area (Å²) in [5.41, 5.74) is 1.15. The Labute approximate surface area is 95.8 Å². The molecule has 0 amide bonds. The van der Waals surface area contributed by atoms with E-state index in [1.54, 1.807) is 0 Å². The fourth-order valence-electron chi connectivity index (χ4n) is 1.58. The maximum absolute atomic E-state index is 3.90. The lowest BCUT2D eigenvalue weighted by molar-refractivity contribution is 0.426. The maximum atomic E-state index is 3.90. The third kappa shape index (κ3) is 8.23. The van der Waals surface area contributed by atoms with E-state index in [-0.39, 0.29) is 0 Å². The Hall–Kier alpha value is -0.780. The average molecular weight is 206 g/mol. The van der Waals surface area contributed by atoms with Gasteiger partial charge in [0.25, 0.3) is 0 Å². The minimum Gasteiger partial charge on any atom is -0.0961 e. The molecule has 0 bridgehead atoms. The van der Waals surface area contributed by atoms with Gasteiger partial charge in [0.1, 0.15) is 0 Å². The van der Waals surface area contributed by atoms with Gasteiger partial charge in [-0.05, 0) is 44.9 Å². The first kappa shape index (κ1) is 14.2. The van der Waals surface area contributed by atoms with E-state index >= 15 is 0 Å². The molecule has 0 aliphatic carbocycles. The summed E-state index contributed by atoms with van der Waals surface area (Å²) in [5.74, 6) is 1.43. The van der Waals surface area contributed by atoms with E-state index in [2.05, 4.69) is 51.7 Å². The molecule has 0 saturated carbocycles. The molecule has 0 nitrogen and oxygen atoms in total. The molecule has 86 valence electrons. The van der Waals surface area contributed by atoms with Gasteiger partial charge in [-0.15, -0.1) is 0 Å². The van der Waals surface area contributed by atoms with Gasteiger partial charge >= 0.3 is 0 Å². The van der Waals surface area contributed by atoms with Gasteiger partial charge in [-0.3, -0.25) is 0 Å². The van der Waals surface area contributed by atoms with Crippen LogP contribution in [0.2, 0.25) is 0 Å². The Bertz CT molecular complexity index is 218. The fourth-order valence-corrected chi connectivity index (χ4v) is 1.58. The monoisotopic (exact) mass is 206 g/mol. The zero-order valence-electron chi connectivity index (χ0n) is 10.8. The smallest absolute Gasteiger partial charge is 0.0207 e. The molecule has 0 radical (unpaired) electrons. The van der Waals surface area contributed by atoms with E-state index in [0.717, 1.165) is 11.5 Å². The van der Waals surface area contributed by atoms with E-state index in [1.165, 1.54) is 19.3 Å². The minimum absolute atomic E-state index is 0.701. The Morgan fingerprint density at radius 2 is 2.00 bits per heavy atom. The Morgan fingerprint density at radius 1 is 1.33 bits per heavy atom. The van der Waals surface area contributed by atoms with Gasteiger partial charge < -0.3 is 0 Å². The van der Waals surface area contributed by atoms with Crippen LogP contribution in [-0.2, 0) is 0 Å². The van der Waals surface area contributed by atoms with E-state index in [9.17, 15) is 0 Å². The summed E-state index contributed by atoms with van der Waals surface area (Å²) < 4.78 is 0. The van der Waals surface area contributed by atoms with Crippen LogP contribution < -0.4 is 0 Å². The molecule has 0 N–H and O–H groups in total. The first-order valence-electron chi connectivity index (χ1n) is 6.02. The van der Waals surface area contributed by atoms with Crippen LogP contribution in [0.25, 0.3) is 0 Å². The van der Waals surface area contributed by atoms with Crippen molar-refractivity contribution in [1.82, 2.24) is 0 Å². The first-order valence-corrected chi connectivity index (χ1v) is 6.02. The van der Waals surface area contributed by atoms with Crippen molar-refractivity contribution in [2.75, 3.05) is 0 Å². The molecule has 0 fully saturated rings. The van der Waals surface area contributed by atoms with Crippen molar-refractivity contribution < 1.29 is 0 Å². The van der Waals surface area contributed by atoms with Gasteiger partial charge in [-0.1, -0.05) is 50.3 Å². The van der Waals surface area contributed by atoms with Crippen molar-refractivity contribution in [2.45, 2.75) is 47.0 Å². The Morgan fingerprint density at radius 3 is 2.47 bits per heavy atom. The topological polar surface area (TPSA) is 0 Å². The fraction of sp³-hybridized carbons (Fsp3) is 0.600. The third-order valence-electron chi connectivity index (χ3n) is 2.63. The van der Waals surface area contributed by atoms with Crippen molar-refractivity contribution in [3.05, 3.63) is 36.5 Å². The summed E-state index contributed by atoms with van der Waals surface area (Å²) in [7, 11) is 0. The Kier molecular flexibility index (Phi) is 8.08. The summed E-state index contributed by atoms with van der Waals surface area (Å²) in [6.45, 7) is 12.6. The van der Waals surface area contributed by atoms with Crippen LogP contribution in [0, 0.1) is 11.8 Å². The predicted molar refractivity (Wildman–Crippen MR) is 70.9 cm³/mol. The zero-order chi connectivity index (χ0) is 11.7. The number of hydrogen-bond donors (Lipinski definition) is 0. The second kappa shape index (κ2) is 8.52. The summed E-state index contributed by atoms with van der Waals surface area (Å²) >= 11 is 0. The van der Waals surface area contributed by atoms with Crippen molar-refractivity contribution in [3.63, 3.8) is 0 Å². The summed E-state index contributed by atoms with van der Waals surface area (Å²) in [4.78, 5) is 0. The number of rotatable bonds is 7. The van der Waals surface area contributed by atoms with E-state index in [1.807, 2.05) is 6.92 Å². The molecule has 0 aliphatic heterocycles. The average Bonchev–Trinajstić information content (AvgIpc) is 2.15. The molecule has 15 heavy (non-hydrogen) atoms. The molecule has 0 spiro atoms. The molecule has 0 heteroatoms. The van der Waals surface area contributed by atoms with Crippen LogP contribution in [-0.4, -0.2) is 0 Å². The molecule has 1 unspecified atom stereocenters. The third-order valence-corrected chi connectivity index (χ3v) is 2.63. The molecule has 1 atom stereocenters. The van der Waals surface area contributed by atoms with Gasteiger partial charge in [-0.25, -0.2) is 0 Å². The molecular weight excluding hydrogens is 180 g/mol. The molecule has 0 saturated heterocycles. The van der Waals surface area contributed by atoms with Crippen LogP contribution in [0.15, 0.2) is 36.5 Å². The quantitative estimate of drug-likeness (QED) is 0.307. The summed E-state index contributed by atoms with van der Waals surface area (Å²) in [5, 5.41) is 0. The highest BCUT2D eigenvalue weighted by molar-refractivity contribution is 5.12. The highest BCUT2D eigenvalue weighted by Gasteiger charge is 2.08. The number of allylic oxidation sites excluding steroid dienone is 5. The molecular formula is C15H26. The maximum Gasteiger partial charge on any atom is -0.0207 e. The molecule has 0 aromatic rings. The second-order valence-corrected chi connectivity index (χ2v) is 4.61. The van der Waals surface area contributed by atoms with Crippen LogP contribution in [0.1, 0.15) is 47.0 Å². The molecule has 0 rings (SSSR count).